The Balaban J connectivity index is 1.71. The lowest BCUT2D eigenvalue weighted by Gasteiger charge is -2.09. The van der Waals surface area contributed by atoms with Crippen molar-refractivity contribution in [3.63, 3.8) is 0 Å². The van der Waals surface area contributed by atoms with E-state index in [2.05, 4.69) is 20.7 Å². The van der Waals surface area contributed by atoms with E-state index in [1.54, 1.807) is 0 Å². The van der Waals surface area contributed by atoms with E-state index in [1.165, 1.54) is 0 Å². The van der Waals surface area contributed by atoms with Gasteiger partial charge in [0.25, 0.3) is 0 Å². The standard InChI is InChI=1S/C16H18BrNO3S/c17-15-7-4-8-16(13-15)21-11-10-18-22(19,20)12-9-14-5-2-1-3-6-14/h1-8,13,18H,9-12H2. The van der Waals surface area contributed by atoms with E-state index in [9.17, 15) is 8.42 Å². The predicted molar refractivity (Wildman–Crippen MR) is 91.6 cm³/mol. The second-order valence-corrected chi connectivity index (χ2v) is 7.60. The highest BCUT2D eigenvalue weighted by atomic mass is 79.9. The van der Waals surface area contributed by atoms with Crippen LogP contribution in [0.4, 0.5) is 0 Å². The minimum Gasteiger partial charge on any atom is -0.492 e. The minimum atomic E-state index is -3.28. The maximum atomic E-state index is 11.9. The summed E-state index contributed by atoms with van der Waals surface area (Å²) in [5.74, 6) is 0.784. The topological polar surface area (TPSA) is 55.4 Å². The Morgan fingerprint density at radius 1 is 1.05 bits per heavy atom. The van der Waals surface area contributed by atoms with Crippen LogP contribution in [0.3, 0.4) is 0 Å². The Hall–Kier alpha value is -1.37. The Morgan fingerprint density at radius 2 is 1.82 bits per heavy atom. The minimum absolute atomic E-state index is 0.0773. The summed E-state index contributed by atoms with van der Waals surface area (Å²) in [5, 5.41) is 0. The molecule has 0 saturated heterocycles. The van der Waals surface area contributed by atoms with E-state index in [0.717, 1.165) is 10.0 Å². The van der Waals surface area contributed by atoms with Gasteiger partial charge in [-0.3, -0.25) is 0 Å². The molecule has 0 unspecified atom stereocenters. The number of hydrogen-bond acceptors (Lipinski definition) is 3. The lowest BCUT2D eigenvalue weighted by Crippen LogP contribution is -2.31. The third-order valence-electron chi connectivity index (χ3n) is 2.99. The van der Waals surface area contributed by atoms with Crippen LogP contribution in [0, 0.1) is 0 Å². The number of aryl methyl sites for hydroxylation is 1. The van der Waals surface area contributed by atoms with E-state index in [4.69, 9.17) is 4.74 Å². The molecule has 0 radical (unpaired) electrons. The number of sulfonamides is 1. The van der Waals surface area contributed by atoms with Gasteiger partial charge in [0.05, 0.1) is 5.75 Å². The van der Waals surface area contributed by atoms with Crippen molar-refractivity contribution in [2.45, 2.75) is 6.42 Å². The molecule has 0 aliphatic rings. The second-order valence-electron chi connectivity index (χ2n) is 4.75. The number of ether oxygens (including phenoxy) is 1. The molecule has 1 N–H and O–H groups in total. The first-order valence-corrected chi connectivity index (χ1v) is 9.39. The normalized spacial score (nSPS) is 11.3. The summed E-state index contributed by atoms with van der Waals surface area (Å²) in [7, 11) is -3.28. The van der Waals surface area contributed by atoms with Crippen molar-refractivity contribution in [1.29, 1.82) is 0 Å². The fourth-order valence-corrected chi connectivity index (χ4v) is 3.31. The highest BCUT2D eigenvalue weighted by molar-refractivity contribution is 9.10. The predicted octanol–water partition coefficient (Wildman–Crippen LogP) is 2.99. The number of halogens is 1. The number of hydrogen-bond donors (Lipinski definition) is 1. The van der Waals surface area contributed by atoms with Crippen LogP contribution in [0.5, 0.6) is 5.75 Å². The molecule has 22 heavy (non-hydrogen) atoms. The molecule has 118 valence electrons. The van der Waals surface area contributed by atoms with Crippen molar-refractivity contribution in [2.75, 3.05) is 18.9 Å². The molecule has 0 atom stereocenters. The van der Waals surface area contributed by atoms with Crippen molar-refractivity contribution in [3.05, 3.63) is 64.6 Å². The van der Waals surface area contributed by atoms with Gasteiger partial charge in [-0.2, -0.15) is 0 Å². The molecule has 4 nitrogen and oxygen atoms in total. The van der Waals surface area contributed by atoms with Crippen molar-refractivity contribution < 1.29 is 13.2 Å². The smallest absolute Gasteiger partial charge is 0.212 e. The average Bonchev–Trinajstić information content (AvgIpc) is 2.51. The summed E-state index contributed by atoms with van der Waals surface area (Å²) in [6, 6.07) is 17.0. The van der Waals surface area contributed by atoms with Crippen LogP contribution >= 0.6 is 15.9 Å². The molecule has 6 heteroatoms. The zero-order chi connectivity index (χ0) is 15.8. The molecule has 0 aromatic heterocycles. The van der Waals surface area contributed by atoms with Crippen LogP contribution in [-0.4, -0.2) is 27.3 Å². The molecule has 0 saturated carbocycles. The first-order chi connectivity index (χ1) is 10.6. The summed E-state index contributed by atoms with van der Waals surface area (Å²) in [6.07, 6.45) is 0.503. The monoisotopic (exact) mass is 383 g/mol. The molecular weight excluding hydrogens is 366 g/mol. The highest BCUT2D eigenvalue weighted by Crippen LogP contribution is 2.17. The molecule has 0 heterocycles. The number of nitrogens with one attached hydrogen (secondary N) is 1. The van der Waals surface area contributed by atoms with Gasteiger partial charge < -0.3 is 4.74 Å². The zero-order valence-electron chi connectivity index (χ0n) is 12.0. The Bertz CT molecular complexity index is 690. The zero-order valence-corrected chi connectivity index (χ0v) is 14.4. The van der Waals surface area contributed by atoms with Crippen LogP contribution in [0.15, 0.2) is 59.1 Å². The lowest BCUT2D eigenvalue weighted by molar-refractivity contribution is 0.322. The molecular formula is C16H18BrNO3S. The van der Waals surface area contributed by atoms with Gasteiger partial charge in [-0.1, -0.05) is 52.3 Å². The molecule has 2 rings (SSSR count). The third-order valence-corrected chi connectivity index (χ3v) is 4.87. The van der Waals surface area contributed by atoms with E-state index in [0.29, 0.717) is 18.8 Å². The van der Waals surface area contributed by atoms with Gasteiger partial charge in [0.15, 0.2) is 0 Å². The Kier molecular flexibility index (Phi) is 6.42. The van der Waals surface area contributed by atoms with Crippen LogP contribution in [0.25, 0.3) is 0 Å². The van der Waals surface area contributed by atoms with Crippen molar-refractivity contribution in [2.24, 2.45) is 0 Å². The van der Waals surface area contributed by atoms with Gasteiger partial charge in [0.1, 0.15) is 12.4 Å². The van der Waals surface area contributed by atoms with Crippen molar-refractivity contribution in [3.8, 4) is 5.75 Å². The largest absolute Gasteiger partial charge is 0.492 e. The molecule has 0 aliphatic heterocycles. The van der Waals surface area contributed by atoms with Gasteiger partial charge >= 0.3 is 0 Å². The Morgan fingerprint density at radius 3 is 2.55 bits per heavy atom. The fraction of sp³-hybridized carbons (Fsp3) is 0.250. The van der Waals surface area contributed by atoms with Gasteiger partial charge in [0, 0.05) is 11.0 Å². The SMILES string of the molecule is O=S(=O)(CCc1ccccc1)NCCOc1cccc(Br)c1. The number of rotatable bonds is 8. The summed E-state index contributed by atoms with van der Waals surface area (Å²) in [6.45, 7) is 0.546. The molecule has 2 aromatic rings. The van der Waals surface area contributed by atoms with Gasteiger partial charge in [-0.05, 0) is 30.2 Å². The van der Waals surface area contributed by atoms with Crippen LogP contribution in [-0.2, 0) is 16.4 Å². The summed E-state index contributed by atoms with van der Waals surface area (Å²) in [4.78, 5) is 0. The second kappa shape index (κ2) is 8.31. The summed E-state index contributed by atoms with van der Waals surface area (Å²) < 4.78 is 32.8. The van der Waals surface area contributed by atoms with Gasteiger partial charge in [-0.25, -0.2) is 13.1 Å². The Labute approximate surface area is 139 Å². The van der Waals surface area contributed by atoms with E-state index in [1.807, 2.05) is 54.6 Å². The van der Waals surface area contributed by atoms with Crippen molar-refractivity contribution >= 4 is 26.0 Å². The first kappa shape index (κ1) is 17.0. The molecule has 2 aromatic carbocycles. The van der Waals surface area contributed by atoms with E-state index >= 15 is 0 Å². The highest BCUT2D eigenvalue weighted by Gasteiger charge is 2.09. The summed E-state index contributed by atoms with van der Waals surface area (Å²) in [5.41, 5.74) is 1.01. The molecule has 0 fully saturated rings. The molecule has 0 aliphatic carbocycles. The maximum absolute atomic E-state index is 11.9. The molecule has 0 spiro atoms. The van der Waals surface area contributed by atoms with Crippen LogP contribution in [0.2, 0.25) is 0 Å². The molecule has 0 amide bonds. The summed E-state index contributed by atoms with van der Waals surface area (Å²) >= 11 is 3.35. The first-order valence-electron chi connectivity index (χ1n) is 6.95. The van der Waals surface area contributed by atoms with E-state index in [-0.39, 0.29) is 12.3 Å². The maximum Gasteiger partial charge on any atom is 0.212 e. The van der Waals surface area contributed by atoms with E-state index < -0.39 is 10.0 Å². The van der Waals surface area contributed by atoms with Gasteiger partial charge in [0.2, 0.25) is 10.0 Å². The molecule has 0 bridgehead atoms. The quantitative estimate of drug-likeness (QED) is 0.712. The average molecular weight is 384 g/mol. The van der Waals surface area contributed by atoms with Crippen LogP contribution in [0.1, 0.15) is 5.56 Å². The van der Waals surface area contributed by atoms with Crippen molar-refractivity contribution in [1.82, 2.24) is 4.72 Å². The number of benzene rings is 2. The van der Waals surface area contributed by atoms with Crippen LogP contribution < -0.4 is 9.46 Å². The third kappa shape index (κ3) is 6.17. The fourth-order valence-electron chi connectivity index (χ4n) is 1.89. The lowest BCUT2D eigenvalue weighted by atomic mass is 10.2. The van der Waals surface area contributed by atoms with Gasteiger partial charge in [-0.15, -0.1) is 0 Å².